The Labute approximate surface area is 186 Å². The highest BCUT2D eigenvalue weighted by Gasteiger charge is 2.22. The molecule has 7 nitrogen and oxygen atoms in total. The number of rotatable bonds is 5. The maximum Gasteiger partial charge on any atom is 0.324 e. The highest BCUT2D eigenvalue weighted by Crippen LogP contribution is 2.31. The number of amides is 1. The van der Waals surface area contributed by atoms with Crippen molar-refractivity contribution in [3.05, 3.63) is 85.8 Å². The summed E-state index contributed by atoms with van der Waals surface area (Å²) in [5, 5.41) is 17.0. The molecule has 0 N–H and O–H groups in total. The van der Waals surface area contributed by atoms with Crippen molar-refractivity contribution in [2.45, 2.75) is 20.8 Å². The molecular formula is C22H18N4O3S2. The van der Waals surface area contributed by atoms with Crippen LogP contribution in [0.15, 0.2) is 53.6 Å². The van der Waals surface area contributed by atoms with Gasteiger partial charge in [-0.1, -0.05) is 34.8 Å². The summed E-state index contributed by atoms with van der Waals surface area (Å²) in [6.07, 6.45) is 1.45. The molecule has 0 bridgehead atoms. The first-order valence-corrected chi connectivity index (χ1v) is 11.0. The zero-order valence-electron chi connectivity index (χ0n) is 17.0. The topological polar surface area (TPSA) is 88.7 Å². The number of thiophene rings is 1. The highest BCUT2D eigenvalue weighted by molar-refractivity contribution is 7.22. The van der Waals surface area contributed by atoms with E-state index in [1.54, 1.807) is 12.1 Å². The van der Waals surface area contributed by atoms with E-state index in [0.717, 1.165) is 38.2 Å². The van der Waals surface area contributed by atoms with Crippen molar-refractivity contribution in [2.75, 3.05) is 5.01 Å². The molecule has 31 heavy (non-hydrogen) atoms. The van der Waals surface area contributed by atoms with Crippen molar-refractivity contribution in [3.8, 4) is 0 Å². The van der Waals surface area contributed by atoms with Gasteiger partial charge in [-0.15, -0.1) is 0 Å². The molecule has 0 saturated carbocycles. The second kappa shape index (κ2) is 8.37. The molecule has 4 rings (SSSR count). The Bertz CT molecular complexity index is 1340. The summed E-state index contributed by atoms with van der Waals surface area (Å²) in [4.78, 5) is 29.0. The third-order valence-corrected chi connectivity index (χ3v) is 6.72. The Morgan fingerprint density at radius 3 is 2.58 bits per heavy atom. The quantitative estimate of drug-likeness (QED) is 0.216. The van der Waals surface area contributed by atoms with E-state index in [1.807, 2.05) is 51.1 Å². The Balaban J connectivity index is 1.76. The Morgan fingerprint density at radius 1 is 1.06 bits per heavy atom. The van der Waals surface area contributed by atoms with Crippen LogP contribution in [-0.4, -0.2) is 22.0 Å². The number of aromatic nitrogens is 1. The van der Waals surface area contributed by atoms with E-state index < -0.39 is 4.92 Å². The molecule has 0 unspecified atom stereocenters. The van der Waals surface area contributed by atoms with Crippen LogP contribution in [0.3, 0.4) is 0 Å². The van der Waals surface area contributed by atoms with Crippen molar-refractivity contribution in [1.82, 2.24) is 4.98 Å². The maximum absolute atomic E-state index is 13.4. The summed E-state index contributed by atoms with van der Waals surface area (Å²) in [5.41, 5.74) is 4.47. The van der Waals surface area contributed by atoms with Crippen molar-refractivity contribution < 1.29 is 9.72 Å². The Kier molecular flexibility index (Phi) is 5.62. The lowest BCUT2D eigenvalue weighted by molar-refractivity contribution is -0.380. The lowest BCUT2D eigenvalue weighted by Crippen LogP contribution is -2.25. The van der Waals surface area contributed by atoms with Gasteiger partial charge in [0, 0.05) is 11.6 Å². The van der Waals surface area contributed by atoms with E-state index in [1.165, 1.54) is 28.6 Å². The van der Waals surface area contributed by atoms with Gasteiger partial charge in [-0.2, -0.15) is 10.1 Å². The van der Waals surface area contributed by atoms with Gasteiger partial charge >= 0.3 is 5.00 Å². The first-order valence-electron chi connectivity index (χ1n) is 9.39. The van der Waals surface area contributed by atoms with Gasteiger partial charge in [-0.05, 0) is 67.8 Å². The van der Waals surface area contributed by atoms with Gasteiger partial charge < -0.3 is 0 Å². The van der Waals surface area contributed by atoms with Crippen molar-refractivity contribution in [1.29, 1.82) is 0 Å². The smallest absolute Gasteiger partial charge is 0.267 e. The summed E-state index contributed by atoms with van der Waals surface area (Å²) in [7, 11) is 0. The number of hydrazone groups is 1. The number of hydrogen-bond donors (Lipinski definition) is 0. The summed E-state index contributed by atoms with van der Waals surface area (Å²) in [6.45, 7) is 5.93. The van der Waals surface area contributed by atoms with Gasteiger partial charge in [0.2, 0.25) is 5.13 Å². The van der Waals surface area contributed by atoms with Gasteiger partial charge in [0.25, 0.3) is 5.91 Å². The van der Waals surface area contributed by atoms with E-state index in [2.05, 4.69) is 10.1 Å². The summed E-state index contributed by atoms with van der Waals surface area (Å²) < 4.78 is 0.954. The molecule has 0 saturated heterocycles. The highest BCUT2D eigenvalue weighted by atomic mass is 32.1. The van der Waals surface area contributed by atoms with Crippen LogP contribution in [0.5, 0.6) is 0 Å². The van der Waals surface area contributed by atoms with E-state index in [-0.39, 0.29) is 10.9 Å². The van der Waals surface area contributed by atoms with Crippen LogP contribution in [0.4, 0.5) is 10.1 Å². The van der Waals surface area contributed by atoms with Gasteiger partial charge in [-0.3, -0.25) is 14.9 Å². The van der Waals surface area contributed by atoms with Gasteiger partial charge in [0.05, 0.1) is 26.2 Å². The number of nitro groups is 1. The number of thiazole rings is 1. The molecule has 1 amide bonds. The number of anilines is 1. The molecule has 156 valence electrons. The molecule has 2 aromatic carbocycles. The molecular weight excluding hydrogens is 432 g/mol. The normalized spacial score (nSPS) is 11.3. The van der Waals surface area contributed by atoms with Crippen molar-refractivity contribution in [3.63, 3.8) is 0 Å². The molecule has 9 heteroatoms. The molecule has 2 heterocycles. The number of hydrogen-bond acceptors (Lipinski definition) is 7. The fourth-order valence-corrected chi connectivity index (χ4v) is 4.63. The molecule has 0 spiro atoms. The number of carbonyl (C=O) groups is 1. The second-order valence-electron chi connectivity index (χ2n) is 7.06. The fraction of sp³-hybridized carbons (Fsp3) is 0.136. The van der Waals surface area contributed by atoms with Crippen LogP contribution in [0.1, 0.15) is 31.9 Å². The van der Waals surface area contributed by atoms with Crippen LogP contribution in [0.2, 0.25) is 0 Å². The number of nitrogens with zero attached hydrogens (tertiary/aromatic N) is 4. The lowest BCUT2D eigenvalue weighted by atomic mass is 10.1. The van der Waals surface area contributed by atoms with Crippen LogP contribution in [-0.2, 0) is 0 Å². The Morgan fingerprint density at radius 2 is 1.87 bits per heavy atom. The summed E-state index contributed by atoms with van der Waals surface area (Å²) >= 11 is 2.36. The molecule has 0 aliphatic rings. The van der Waals surface area contributed by atoms with E-state index in [9.17, 15) is 14.9 Å². The largest absolute Gasteiger partial charge is 0.324 e. The van der Waals surface area contributed by atoms with E-state index in [0.29, 0.717) is 15.6 Å². The molecule has 0 radical (unpaired) electrons. The van der Waals surface area contributed by atoms with Crippen LogP contribution in [0, 0.1) is 30.9 Å². The number of fused-ring (bicyclic) bond motifs is 1. The number of carbonyl (C=O) groups excluding carboxylic acids is 1. The predicted molar refractivity (Wildman–Crippen MR) is 126 cm³/mol. The van der Waals surface area contributed by atoms with Crippen molar-refractivity contribution >= 4 is 55.1 Å². The zero-order valence-corrected chi connectivity index (χ0v) is 18.7. The second-order valence-corrected chi connectivity index (χ2v) is 9.16. The maximum atomic E-state index is 13.4. The Hall–Kier alpha value is -3.43. The molecule has 0 aliphatic heterocycles. The van der Waals surface area contributed by atoms with Crippen LogP contribution >= 0.6 is 22.7 Å². The fourth-order valence-electron chi connectivity index (χ4n) is 2.92. The minimum absolute atomic E-state index is 0.0175. The summed E-state index contributed by atoms with van der Waals surface area (Å²) in [5.74, 6) is -0.318. The third kappa shape index (κ3) is 4.37. The average Bonchev–Trinajstić information content (AvgIpc) is 3.37. The predicted octanol–water partition coefficient (Wildman–Crippen LogP) is 5.87. The van der Waals surface area contributed by atoms with Gasteiger partial charge in [0.15, 0.2) is 0 Å². The summed E-state index contributed by atoms with van der Waals surface area (Å²) in [6, 6.07) is 14.4. The van der Waals surface area contributed by atoms with E-state index in [4.69, 9.17) is 0 Å². The first-order chi connectivity index (χ1) is 14.8. The van der Waals surface area contributed by atoms with E-state index >= 15 is 0 Å². The monoisotopic (exact) mass is 450 g/mol. The third-order valence-electron chi connectivity index (χ3n) is 4.75. The molecule has 0 fully saturated rings. The minimum Gasteiger partial charge on any atom is -0.267 e. The minimum atomic E-state index is -0.449. The van der Waals surface area contributed by atoms with Gasteiger partial charge in [0.1, 0.15) is 0 Å². The van der Waals surface area contributed by atoms with Crippen LogP contribution < -0.4 is 5.01 Å². The molecule has 2 aromatic heterocycles. The molecule has 0 atom stereocenters. The average molecular weight is 451 g/mol. The standard InChI is InChI=1S/C22H18N4O3S2/c1-13-4-8-18-19(10-13)31-22(24-18)25(21(27)16-6-5-14(2)15(3)11-16)23-12-17-7-9-20(30-17)26(28)29/h4-12H,1-3H3/b23-12+. The molecule has 0 aliphatic carbocycles. The SMILES string of the molecule is Cc1ccc2nc(N(/N=C/c3ccc([N+](=O)[O-])s3)C(=O)c3ccc(C)c(C)c3)sc2c1. The zero-order chi connectivity index (χ0) is 22.1. The number of benzene rings is 2. The van der Waals surface area contributed by atoms with Gasteiger partial charge in [-0.25, -0.2) is 4.98 Å². The van der Waals surface area contributed by atoms with Crippen LogP contribution in [0.25, 0.3) is 10.2 Å². The first kappa shape index (κ1) is 20.8. The lowest BCUT2D eigenvalue weighted by Gasteiger charge is -2.14. The number of aryl methyl sites for hydroxylation is 3. The molecule has 4 aromatic rings. The van der Waals surface area contributed by atoms with Crippen molar-refractivity contribution in [2.24, 2.45) is 5.10 Å².